The van der Waals surface area contributed by atoms with Crippen LogP contribution in [0.15, 0.2) is 42.9 Å². The fraction of sp³-hybridized carbons (Fsp3) is 0.0500. The van der Waals surface area contributed by atoms with E-state index in [1.165, 1.54) is 24.7 Å². The third kappa shape index (κ3) is 4.25. The number of hydrogen-bond donors (Lipinski definition) is 3. The van der Waals surface area contributed by atoms with E-state index in [-0.39, 0.29) is 6.03 Å². The molecule has 0 radical (unpaired) electrons. The molecule has 1 aromatic carbocycles. The SMILES string of the molecule is CNC(=O)Nc1cc(-c2sc(-c3nnc[nH]3)c(-c3ccc(Cl)cc3I)c2C#N)ccn1. The normalized spacial score (nSPS) is 10.5. The molecule has 2 amide bonds. The molecule has 0 bridgehead atoms. The van der Waals surface area contributed by atoms with Gasteiger partial charge in [-0.25, -0.2) is 9.78 Å². The summed E-state index contributed by atoms with van der Waals surface area (Å²) in [5.41, 5.74) is 2.86. The van der Waals surface area contributed by atoms with Crippen LogP contribution in [-0.4, -0.2) is 33.2 Å². The maximum atomic E-state index is 11.7. The van der Waals surface area contributed by atoms with Gasteiger partial charge in [0.15, 0.2) is 5.82 Å². The summed E-state index contributed by atoms with van der Waals surface area (Å²) in [6.07, 6.45) is 3.08. The fourth-order valence-electron chi connectivity index (χ4n) is 2.99. The molecular weight excluding hydrogens is 549 g/mol. The number of anilines is 1. The Hall–Kier alpha value is -3.01. The zero-order valence-electron chi connectivity index (χ0n) is 15.9. The van der Waals surface area contributed by atoms with Crippen LogP contribution >= 0.6 is 45.5 Å². The van der Waals surface area contributed by atoms with Gasteiger partial charge in [0.1, 0.15) is 18.2 Å². The number of urea groups is 1. The van der Waals surface area contributed by atoms with Crippen LogP contribution in [0.4, 0.5) is 10.6 Å². The molecule has 3 aromatic heterocycles. The highest BCUT2D eigenvalue weighted by atomic mass is 127. The van der Waals surface area contributed by atoms with Gasteiger partial charge in [-0.1, -0.05) is 17.7 Å². The van der Waals surface area contributed by atoms with E-state index in [2.05, 4.69) is 59.5 Å². The number of benzene rings is 1. The summed E-state index contributed by atoms with van der Waals surface area (Å²) in [5.74, 6) is 0.934. The van der Waals surface area contributed by atoms with Crippen molar-refractivity contribution in [1.82, 2.24) is 25.5 Å². The number of rotatable bonds is 4. The smallest absolute Gasteiger partial charge is 0.320 e. The molecule has 0 fully saturated rings. The number of H-pyrrole nitrogens is 1. The first kappa shape index (κ1) is 21.2. The Morgan fingerprint density at radius 2 is 2.13 bits per heavy atom. The van der Waals surface area contributed by atoms with Gasteiger partial charge in [0.05, 0.1) is 15.3 Å². The molecule has 31 heavy (non-hydrogen) atoms. The first-order chi connectivity index (χ1) is 15.0. The summed E-state index contributed by atoms with van der Waals surface area (Å²) in [5, 5.41) is 23.9. The molecule has 0 unspecified atom stereocenters. The zero-order chi connectivity index (χ0) is 22.0. The van der Waals surface area contributed by atoms with Gasteiger partial charge in [-0.05, 0) is 58.0 Å². The predicted molar refractivity (Wildman–Crippen MR) is 129 cm³/mol. The van der Waals surface area contributed by atoms with Gasteiger partial charge in [0, 0.05) is 27.4 Å². The number of pyridine rings is 1. The van der Waals surface area contributed by atoms with Crippen molar-refractivity contribution in [2.45, 2.75) is 0 Å². The number of aromatic amines is 1. The van der Waals surface area contributed by atoms with Crippen LogP contribution in [0.1, 0.15) is 5.56 Å². The van der Waals surface area contributed by atoms with Gasteiger partial charge in [-0.2, -0.15) is 5.26 Å². The number of hydrogen-bond acceptors (Lipinski definition) is 6. The van der Waals surface area contributed by atoms with Crippen molar-refractivity contribution in [3.05, 3.63) is 57.0 Å². The summed E-state index contributed by atoms with van der Waals surface area (Å²) in [4.78, 5) is 20.4. The summed E-state index contributed by atoms with van der Waals surface area (Å²) in [7, 11) is 1.52. The van der Waals surface area contributed by atoms with Crippen LogP contribution in [0, 0.1) is 14.9 Å². The second-order valence-corrected chi connectivity index (χ2v) is 8.84. The van der Waals surface area contributed by atoms with Gasteiger partial charge in [0.25, 0.3) is 0 Å². The van der Waals surface area contributed by atoms with Crippen molar-refractivity contribution in [2.75, 3.05) is 12.4 Å². The Bertz CT molecular complexity index is 1310. The first-order valence-electron chi connectivity index (χ1n) is 8.85. The Balaban J connectivity index is 1.94. The molecule has 3 N–H and O–H groups in total. The largest absolute Gasteiger partial charge is 0.341 e. The van der Waals surface area contributed by atoms with E-state index in [4.69, 9.17) is 11.6 Å². The van der Waals surface area contributed by atoms with Gasteiger partial charge in [-0.15, -0.1) is 21.5 Å². The van der Waals surface area contributed by atoms with E-state index in [1.54, 1.807) is 24.4 Å². The third-order valence-electron chi connectivity index (χ3n) is 4.34. The minimum absolute atomic E-state index is 0.373. The summed E-state index contributed by atoms with van der Waals surface area (Å²) >= 11 is 9.76. The van der Waals surface area contributed by atoms with Crippen molar-refractivity contribution < 1.29 is 4.79 Å². The number of nitrogens with one attached hydrogen (secondary N) is 3. The molecular formula is C20H13ClIN7OS. The quantitative estimate of drug-likeness (QED) is 0.298. The minimum atomic E-state index is -0.380. The lowest BCUT2D eigenvalue weighted by Crippen LogP contribution is -2.24. The second-order valence-electron chi connectivity index (χ2n) is 6.22. The summed E-state index contributed by atoms with van der Waals surface area (Å²) < 4.78 is 0.906. The Kier molecular flexibility index (Phi) is 6.17. The van der Waals surface area contributed by atoms with Gasteiger partial charge >= 0.3 is 6.03 Å². The summed E-state index contributed by atoms with van der Waals surface area (Å²) in [6.45, 7) is 0. The van der Waals surface area contributed by atoms with Crippen molar-refractivity contribution in [3.8, 4) is 38.3 Å². The number of nitriles is 1. The maximum Gasteiger partial charge on any atom is 0.320 e. The van der Waals surface area contributed by atoms with Crippen molar-refractivity contribution >= 4 is 57.4 Å². The van der Waals surface area contributed by atoms with E-state index in [1.807, 2.05) is 12.1 Å². The van der Waals surface area contributed by atoms with Gasteiger partial charge < -0.3 is 10.3 Å². The lowest BCUT2D eigenvalue weighted by molar-refractivity contribution is 0.254. The van der Waals surface area contributed by atoms with Crippen LogP contribution in [0.5, 0.6) is 0 Å². The molecule has 3 heterocycles. The first-order valence-corrected chi connectivity index (χ1v) is 11.1. The highest BCUT2D eigenvalue weighted by molar-refractivity contribution is 14.1. The average molecular weight is 562 g/mol. The van der Waals surface area contributed by atoms with Crippen LogP contribution in [-0.2, 0) is 0 Å². The highest BCUT2D eigenvalue weighted by Gasteiger charge is 2.25. The fourth-order valence-corrected chi connectivity index (χ4v) is 5.34. The van der Waals surface area contributed by atoms with Crippen LogP contribution in [0.25, 0.3) is 32.3 Å². The topological polar surface area (TPSA) is 119 Å². The molecule has 0 aliphatic heterocycles. The van der Waals surface area contributed by atoms with E-state index in [0.717, 1.165) is 30.0 Å². The average Bonchev–Trinajstić information content (AvgIpc) is 3.41. The second kappa shape index (κ2) is 9.01. The molecule has 0 atom stereocenters. The molecule has 0 saturated heterocycles. The minimum Gasteiger partial charge on any atom is -0.341 e. The Morgan fingerprint density at radius 1 is 1.29 bits per heavy atom. The predicted octanol–water partition coefficient (Wildman–Crippen LogP) is 5.14. The van der Waals surface area contributed by atoms with Gasteiger partial charge in [-0.3, -0.25) is 5.32 Å². The zero-order valence-corrected chi connectivity index (χ0v) is 19.6. The standard InChI is InChI=1S/C20H13ClIN7OS/c1-24-20(30)28-15-6-10(4-5-25-15)17-13(8-23)16(12-3-2-11(21)7-14(12)22)18(31-17)19-26-9-27-29-19/h2-7,9H,1H3,(H,26,27,29)(H2,24,25,28,30). The number of carbonyl (C=O) groups excluding carboxylic acids is 1. The maximum absolute atomic E-state index is 11.7. The molecule has 154 valence electrons. The van der Waals surface area contributed by atoms with Crippen LogP contribution in [0.3, 0.4) is 0 Å². The van der Waals surface area contributed by atoms with E-state index >= 15 is 0 Å². The number of aromatic nitrogens is 4. The van der Waals surface area contributed by atoms with Crippen molar-refractivity contribution in [3.63, 3.8) is 0 Å². The molecule has 4 aromatic rings. The van der Waals surface area contributed by atoms with Crippen LogP contribution < -0.4 is 10.6 Å². The molecule has 11 heteroatoms. The van der Waals surface area contributed by atoms with Gasteiger partial charge in [0.2, 0.25) is 0 Å². The lowest BCUT2D eigenvalue weighted by atomic mass is 9.98. The highest BCUT2D eigenvalue weighted by Crippen LogP contribution is 2.47. The van der Waals surface area contributed by atoms with E-state index in [0.29, 0.717) is 22.2 Å². The lowest BCUT2D eigenvalue weighted by Gasteiger charge is -2.07. The number of thiophene rings is 1. The number of nitrogens with zero attached hydrogens (tertiary/aromatic N) is 4. The van der Waals surface area contributed by atoms with E-state index in [9.17, 15) is 10.1 Å². The number of amides is 2. The van der Waals surface area contributed by atoms with Crippen molar-refractivity contribution in [1.29, 1.82) is 5.26 Å². The summed E-state index contributed by atoms with van der Waals surface area (Å²) in [6, 6.07) is 11.0. The molecule has 0 aliphatic carbocycles. The number of carbonyl (C=O) groups is 1. The molecule has 0 saturated carbocycles. The molecule has 8 nitrogen and oxygen atoms in total. The molecule has 4 rings (SSSR count). The van der Waals surface area contributed by atoms with Crippen LogP contribution in [0.2, 0.25) is 5.02 Å². The molecule has 0 aliphatic rings. The van der Waals surface area contributed by atoms with Crippen molar-refractivity contribution in [2.24, 2.45) is 0 Å². The Labute approximate surface area is 199 Å². The Morgan fingerprint density at radius 3 is 2.81 bits per heavy atom. The third-order valence-corrected chi connectivity index (χ3v) is 6.72. The monoisotopic (exact) mass is 561 g/mol. The van der Waals surface area contributed by atoms with E-state index < -0.39 is 0 Å². The number of halogens is 2. The molecule has 0 spiro atoms.